The van der Waals surface area contributed by atoms with Crippen LogP contribution in [0.3, 0.4) is 0 Å². The van der Waals surface area contributed by atoms with Crippen molar-refractivity contribution in [2.24, 2.45) is 0 Å². The summed E-state index contributed by atoms with van der Waals surface area (Å²) in [4.78, 5) is 10.3. The van der Waals surface area contributed by atoms with E-state index in [1.807, 2.05) is 12.1 Å². The number of fused-ring (bicyclic) bond motifs is 1. The first-order valence-corrected chi connectivity index (χ1v) is 8.75. The minimum Gasteiger partial charge on any atom is -0.280 e. The molecule has 0 saturated heterocycles. The van der Waals surface area contributed by atoms with Gasteiger partial charge in [0.1, 0.15) is 0 Å². The van der Waals surface area contributed by atoms with Gasteiger partial charge in [-0.1, -0.05) is 12.1 Å². The van der Waals surface area contributed by atoms with Crippen molar-refractivity contribution in [2.75, 3.05) is 4.72 Å². The van der Waals surface area contributed by atoms with Crippen LogP contribution in [-0.2, 0) is 22.9 Å². The van der Waals surface area contributed by atoms with Gasteiger partial charge in [0.25, 0.3) is 15.7 Å². The van der Waals surface area contributed by atoms with E-state index in [-0.39, 0.29) is 10.6 Å². The Kier molecular flexibility index (Phi) is 3.81. The number of hydrogen-bond acceptors (Lipinski definition) is 4. The third kappa shape index (κ3) is 3.05. The van der Waals surface area contributed by atoms with Gasteiger partial charge in [0, 0.05) is 17.3 Å². The second-order valence-electron chi connectivity index (χ2n) is 5.65. The Morgan fingerprint density at radius 3 is 2.57 bits per heavy atom. The molecule has 7 heteroatoms. The molecule has 0 aromatic heterocycles. The third-order valence-electron chi connectivity index (χ3n) is 4.04. The number of nitrogens with one attached hydrogen (secondary N) is 1. The highest BCUT2D eigenvalue weighted by Crippen LogP contribution is 2.27. The fourth-order valence-corrected chi connectivity index (χ4v) is 3.87. The van der Waals surface area contributed by atoms with Gasteiger partial charge in [-0.3, -0.25) is 14.8 Å². The van der Waals surface area contributed by atoms with Gasteiger partial charge in [-0.25, -0.2) is 8.42 Å². The lowest BCUT2D eigenvalue weighted by molar-refractivity contribution is -0.385. The molecule has 0 radical (unpaired) electrons. The molecule has 1 aliphatic rings. The van der Waals surface area contributed by atoms with Gasteiger partial charge in [0.2, 0.25) is 0 Å². The summed E-state index contributed by atoms with van der Waals surface area (Å²) in [5.41, 5.74) is 3.10. The smallest absolute Gasteiger partial charge is 0.273 e. The topological polar surface area (TPSA) is 89.3 Å². The van der Waals surface area contributed by atoms with E-state index in [4.69, 9.17) is 0 Å². The summed E-state index contributed by atoms with van der Waals surface area (Å²) < 4.78 is 27.4. The molecule has 0 aliphatic heterocycles. The highest BCUT2D eigenvalue weighted by atomic mass is 32.2. The molecule has 0 unspecified atom stereocenters. The van der Waals surface area contributed by atoms with Crippen molar-refractivity contribution in [2.45, 2.75) is 31.1 Å². The second-order valence-corrected chi connectivity index (χ2v) is 7.33. The number of anilines is 1. The molecule has 0 atom stereocenters. The molecule has 2 aromatic carbocycles. The summed E-state index contributed by atoms with van der Waals surface area (Å²) in [5, 5.41) is 11.0. The molecule has 0 saturated carbocycles. The Bertz CT molecular complexity index is 891. The predicted octanol–water partition coefficient (Wildman–Crippen LogP) is 3.19. The molecule has 2 aromatic rings. The number of nitro groups is 1. The van der Waals surface area contributed by atoms with Crippen LogP contribution in [0.1, 0.15) is 23.1 Å². The molecule has 0 bridgehead atoms. The number of hydrogen-bond donors (Lipinski definition) is 1. The van der Waals surface area contributed by atoms with Crippen molar-refractivity contribution in [3.8, 4) is 0 Å². The molecular formula is C16H16N2O4S. The largest absolute Gasteiger partial charge is 0.280 e. The van der Waals surface area contributed by atoms with Crippen LogP contribution in [0.5, 0.6) is 0 Å². The van der Waals surface area contributed by atoms with E-state index in [1.54, 1.807) is 13.0 Å². The summed E-state index contributed by atoms with van der Waals surface area (Å²) in [7, 11) is -3.86. The summed E-state index contributed by atoms with van der Waals surface area (Å²) in [6.45, 7) is 1.57. The molecule has 1 aliphatic carbocycles. The van der Waals surface area contributed by atoms with E-state index in [2.05, 4.69) is 4.72 Å². The lowest BCUT2D eigenvalue weighted by atomic mass is 10.1. The molecule has 0 spiro atoms. The fraction of sp³-hybridized carbons (Fsp3) is 0.250. The van der Waals surface area contributed by atoms with Gasteiger partial charge in [-0.2, -0.15) is 0 Å². The van der Waals surface area contributed by atoms with E-state index in [9.17, 15) is 18.5 Å². The number of benzene rings is 2. The average molecular weight is 332 g/mol. The molecule has 0 amide bonds. The van der Waals surface area contributed by atoms with Crippen LogP contribution in [0.15, 0.2) is 41.3 Å². The standard InChI is InChI=1S/C16H16N2O4S/c1-11-5-8-15(10-16(11)18(19)20)23(21,22)17-14-7-6-12-3-2-4-13(12)9-14/h5-10,17H,2-4H2,1H3. The maximum atomic E-state index is 12.5. The van der Waals surface area contributed by atoms with Crippen LogP contribution >= 0.6 is 0 Å². The van der Waals surface area contributed by atoms with E-state index in [1.165, 1.54) is 17.7 Å². The molecule has 23 heavy (non-hydrogen) atoms. The fourth-order valence-electron chi connectivity index (χ4n) is 2.80. The zero-order chi connectivity index (χ0) is 16.6. The molecule has 1 N–H and O–H groups in total. The van der Waals surface area contributed by atoms with Crippen molar-refractivity contribution >= 4 is 21.4 Å². The SMILES string of the molecule is Cc1ccc(S(=O)(=O)Nc2ccc3c(c2)CCC3)cc1[N+](=O)[O-]. The van der Waals surface area contributed by atoms with Crippen LogP contribution < -0.4 is 4.72 Å². The highest BCUT2D eigenvalue weighted by molar-refractivity contribution is 7.92. The van der Waals surface area contributed by atoms with Gasteiger partial charge < -0.3 is 0 Å². The van der Waals surface area contributed by atoms with E-state index >= 15 is 0 Å². The lowest BCUT2D eigenvalue weighted by Gasteiger charge is -2.10. The van der Waals surface area contributed by atoms with Gasteiger partial charge in [-0.15, -0.1) is 0 Å². The third-order valence-corrected chi connectivity index (χ3v) is 5.42. The van der Waals surface area contributed by atoms with E-state index < -0.39 is 14.9 Å². The molecule has 120 valence electrons. The maximum absolute atomic E-state index is 12.5. The summed E-state index contributed by atoms with van der Waals surface area (Å²) in [5.74, 6) is 0. The number of nitrogens with zero attached hydrogens (tertiary/aromatic N) is 1. The quantitative estimate of drug-likeness (QED) is 0.688. The Labute approximate surface area is 134 Å². The van der Waals surface area contributed by atoms with E-state index in [0.717, 1.165) is 30.9 Å². The van der Waals surface area contributed by atoms with Crippen molar-refractivity contribution < 1.29 is 13.3 Å². The number of aryl methyl sites for hydroxylation is 3. The summed E-state index contributed by atoms with van der Waals surface area (Å²) in [6, 6.07) is 9.39. The monoisotopic (exact) mass is 332 g/mol. The normalized spacial score (nSPS) is 13.6. The first kappa shape index (κ1) is 15.5. The Morgan fingerprint density at radius 1 is 1.09 bits per heavy atom. The Balaban J connectivity index is 1.93. The molecule has 3 rings (SSSR count). The van der Waals surface area contributed by atoms with Crippen LogP contribution in [0.2, 0.25) is 0 Å². The highest BCUT2D eigenvalue weighted by Gasteiger charge is 2.20. The number of sulfonamides is 1. The van der Waals surface area contributed by atoms with Crippen molar-refractivity contribution in [3.05, 3.63) is 63.2 Å². The Morgan fingerprint density at radius 2 is 1.83 bits per heavy atom. The van der Waals surface area contributed by atoms with Crippen LogP contribution in [0.25, 0.3) is 0 Å². The zero-order valence-corrected chi connectivity index (χ0v) is 13.4. The van der Waals surface area contributed by atoms with Gasteiger partial charge >= 0.3 is 0 Å². The lowest BCUT2D eigenvalue weighted by Crippen LogP contribution is -2.13. The number of nitro benzene ring substituents is 1. The molecule has 0 heterocycles. The van der Waals surface area contributed by atoms with Crippen molar-refractivity contribution in [3.63, 3.8) is 0 Å². The molecule has 6 nitrogen and oxygen atoms in total. The summed E-state index contributed by atoms with van der Waals surface area (Å²) >= 11 is 0. The van der Waals surface area contributed by atoms with Crippen LogP contribution in [0, 0.1) is 17.0 Å². The minimum absolute atomic E-state index is 0.115. The van der Waals surface area contributed by atoms with E-state index in [0.29, 0.717) is 11.3 Å². The van der Waals surface area contributed by atoms with Crippen LogP contribution in [0.4, 0.5) is 11.4 Å². The maximum Gasteiger partial charge on any atom is 0.273 e. The van der Waals surface area contributed by atoms with Gasteiger partial charge in [0.05, 0.1) is 9.82 Å². The zero-order valence-electron chi connectivity index (χ0n) is 12.6. The van der Waals surface area contributed by atoms with Crippen molar-refractivity contribution in [1.82, 2.24) is 0 Å². The second kappa shape index (κ2) is 5.66. The molecule has 0 fully saturated rings. The summed E-state index contributed by atoms with van der Waals surface area (Å²) in [6.07, 6.45) is 3.04. The Hall–Kier alpha value is -2.41. The predicted molar refractivity (Wildman–Crippen MR) is 87.1 cm³/mol. The first-order valence-electron chi connectivity index (χ1n) is 7.26. The minimum atomic E-state index is -3.86. The molecular weight excluding hydrogens is 316 g/mol. The van der Waals surface area contributed by atoms with Gasteiger partial charge in [0.15, 0.2) is 0 Å². The number of rotatable bonds is 4. The first-order chi connectivity index (χ1) is 10.9. The van der Waals surface area contributed by atoms with Crippen LogP contribution in [-0.4, -0.2) is 13.3 Å². The van der Waals surface area contributed by atoms with Crippen molar-refractivity contribution in [1.29, 1.82) is 0 Å². The van der Waals surface area contributed by atoms with Gasteiger partial charge in [-0.05, 0) is 55.5 Å². The average Bonchev–Trinajstić information content (AvgIpc) is 2.94.